The number of nitrogens with zero attached hydrogens (tertiary/aromatic N) is 3. The van der Waals surface area contributed by atoms with E-state index in [4.69, 9.17) is 23.2 Å². The van der Waals surface area contributed by atoms with Gasteiger partial charge >= 0.3 is 0 Å². The third kappa shape index (κ3) is 5.75. The standard InChI is InChI=1S/C20H19Cl2N5O2S/c1-12(17-7-6-14(21)8-18(17)22)24-19(29)10-30-20-26-23-11-27(20)16-5-3-4-15(9-16)25-13(2)28/h3-9,11-12H,10H2,1-2H3,(H,24,29)(H,25,28). The Morgan fingerprint density at radius 2 is 2.00 bits per heavy atom. The lowest BCUT2D eigenvalue weighted by Crippen LogP contribution is -2.28. The smallest absolute Gasteiger partial charge is 0.230 e. The van der Waals surface area contributed by atoms with Crippen LogP contribution in [0.5, 0.6) is 0 Å². The summed E-state index contributed by atoms with van der Waals surface area (Å²) in [6.45, 7) is 3.30. The van der Waals surface area contributed by atoms with Crippen molar-refractivity contribution >= 4 is 52.5 Å². The van der Waals surface area contributed by atoms with Gasteiger partial charge in [-0.25, -0.2) is 0 Å². The molecule has 0 aliphatic heterocycles. The molecule has 1 unspecified atom stereocenters. The van der Waals surface area contributed by atoms with Crippen LogP contribution in [0.2, 0.25) is 10.0 Å². The quantitative estimate of drug-likeness (QED) is 0.503. The SMILES string of the molecule is CC(=O)Nc1cccc(-n2cnnc2SCC(=O)NC(C)c2ccc(Cl)cc2Cl)c1. The topological polar surface area (TPSA) is 88.9 Å². The summed E-state index contributed by atoms with van der Waals surface area (Å²) in [6, 6.07) is 12.2. The van der Waals surface area contributed by atoms with E-state index < -0.39 is 0 Å². The second-order valence-corrected chi connectivity index (χ2v) is 8.24. The highest BCUT2D eigenvalue weighted by molar-refractivity contribution is 7.99. The molecule has 3 aromatic rings. The van der Waals surface area contributed by atoms with Gasteiger partial charge < -0.3 is 10.6 Å². The summed E-state index contributed by atoms with van der Waals surface area (Å²) >= 11 is 13.4. The van der Waals surface area contributed by atoms with Gasteiger partial charge in [-0.2, -0.15) is 0 Å². The lowest BCUT2D eigenvalue weighted by molar-refractivity contribution is -0.119. The van der Waals surface area contributed by atoms with E-state index in [1.165, 1.54) is 18.7 Å². The minimum Gasteiger partial charge on any atom is -0.349 e. The fourth-order valence-corrected chi connectivity index (χ4v) is 4.09. The van der Waals surface area contributed by atoms with Crippen molar-refractivity contribution in [2.24, 2.45) is 0 Å². The van der Waals surface area contributed by atoms with Gasteiger partial charge in [0.15, 0.2) is 5.16 Å². The Kier molecular flexibility index (Phi) is 7.36. The molecule has 2 aromatic carbocycles. The summed E-state index contributed by atoms with van der Waals surface area (Å²) in [5.74, 6) is -0.170. The molecule has 0 radical (unpaired) electrons. The number of nitrogens with one attached hydrogen (secondary N) is 2. The van der Waals surface area contributed by atoms with Crippen molar-refractivity contribution in [3.8, 4) is 5.69 Å². The van der Waals surface area contributed by atoms with Crippen molar-refractivity contribution in [2.45, 2.75) is 25.0 Å². The van der Waals surface area contributed by atoms with Crippen LogP contribution in [0, 0.1) is 0 Å². The number of hydrogen-bond acceptors (Lipinski definition) is 5. The Bertz CT molecular complexity index is 1070. The molecule has 0 saturated heterocycles. The Hall–Kier alpha value is -2.55. The monoisotopic (exact) mass is 463 g/mol. The number of carbonyl (C=O) groups is 2. The molecule has 2 N–H and O–H groups in total. The Morgan fingerprint density at radius 1 is 1.20 bits per heavy atom. The molecular weight excluding hydrogens is 445 g/mol. The summed E-state index contributed by atoms with van der Waals surface area (Å²) in [7, 11) is 0. The van der Waals surface area contributed by atoms with E-state index in [1.807, 2.05) is 19.1 Å². The minimum atomic E-state index is -0.268. The van der Waals surface area contributed by atoms with Crippen molar-refractivity contribution in [3.05, 3.63) is 64.4 Å². The highest BCUT2D eigenvalue weighted by Crippen LogP contribution is 2.26. The van der Waals surface area contributed by atoms with Crippen LogP contribution in [0.1, 0.15) is 25.5 Å². The molecule has 0 bridgehead atoms. The first-order chi connectivity index (χ1) is 14.3. The first kappa shape index (κ1) is 22.1. The molecule has 10 heteroatoms. The van der Waals surface area contributed by atoms with Gasteiger partial charge in [-0.05, 0) is 42.8 Å². The number of anilines is 1. The van der Waals surface area contributed by atoms with Gasteiger partial charge in [-0.1, -0.05) is 47.1 Å². The van der Waals surface area contributed by atoms with Crippen LogP contribution in [0.25, 0.3) is 5.69 Å². The number of halogens is 2. The van der Waals surface area contributed by atoms with Gasteiger partial charge in [0.2, 0.25) is 11.8 Å². The van der Waals surface area contributed by atoms with E-state index in [1.54, 1.807) is 41.2 Å². The number of thioether (sulfide) groups is 1. The Morgan fingerprint density at radius 3 is 2.73 bits per heavy atom. The van der Waals surface area contributed by atoms with E-state index in [-0.39, 0.29) is 23.6 Å². The third-order valence-corrected chi connectivity index (χ3v) is 5.61. The molecule has 156 valence electrons. The summed E-state index contributed by atoms with van der Waals surface area (Å²) in [6.07, 6.45) is 1.56. The maximum Gasteiger partial charge on any atom is 0.230 e. The molecule has 0 aliphatic rings. The van der Waals surface area contributed by atoms with Crippen LogP contribution in [0.4, 0.5) is 5.69 Å². The van der Waals surface area contributed by atoms with E-state index in [0.717, 1.165) is 11.3 Å². The molecule has 1 aromatic heterocycles. The van der Waals surface area contributed by atoms with E-state index in [9.17, 15) is 9.59 Å². The summed E-state index contributed by atoms with van der Waals surface area (Å²) in [4.78, 5) is 23.7. The number of aromatic nitrogens is 3. The maximum atomic E-state index is 12.4. The zero-order valence-electron chi connectivity index (χ0n) is 16.2. The van der Waals surface area contributed by atoms with Crippen LogP contribution in [-0.4, -0.2) is 32.3 Å². The Labute approximate surface area is 188 Å². The fourth-order valence-electron chi connectivity index (χ4n) is 2.78. The molecule has 30 heavy (non-hydrogen) atoms. The molecule has 7 nitrogen and oxygen atoms in total. The van der Waals surface area contributed by atoms with Crippen molar-refractivity contribution in [2.75, 3.05) is 11.1 Å². The summed E-state index contributed by atoms with van der Waals surface area (Å²) in [5, 5.41) is 15.3. The molecular formula is C20H19Cl2N5O2S. The maximum absolute atomic E-state index is 12.4. The van der Waals surface area contributed by atoms with Crippen LogP contribution in [0.15, 0.2) is 53.9 Å². The van der Waals surface area contributed by atoms with Gasteiger partial charge in [0, 0.05) is 22.7 Å². The highest BCUT2D eigenvalue weighted by Gasteiger charge is 2.15. The first-order valence-corrected chi connectivity index (χ1v) is 10.7. The third-order valence-electron chi connectivity index (χ3n) is 4.10. The first-order valence-electron chi connectivity index (χ1n) is 8.98. The molecule has 1 atom stereocenters. The number of rotatable bonds is 7. The predicted molar refractivity (Wildman–Crippen MR) is 119 cm³/mol. The van der Waals surface area contributed by atoms with Crippen LogP contribution in [-0.2, 0) is 9.59 Å². The van der Waals surface area contributed by atoms with E-state index in [2.05, 4.69) is 20.8 Å². The molecule has 0 fully saturated rings. The largest absolute Gasteiger partial charge is 0.349 e. The van der Waals surface area contributed by atoms with Crippen LogP contribution in [0.3, 0.4) is 0 Å². The molecule has 0 saturated carbocycles. The lowest BCUT2D eigenvalue weighted by Gasteiger charge is -2.16. The second-order valence-electron chi connectivity index (χ2n) is 6.46. The highest BCUT2D eigenvalue weighted by atomic mass is 35.5. The molecule has 0 aliphatic carbocycles. The fraction of sp³-hybridized carbons (Fsp3) is 0.200. The zero-order valence-corrected chi connectivity index (χ0v) is 18.6. The summed E-state index contributed by atoms with van der Waals surface area (Å²) < 4.78 is 1.75. The average Bonchev–Trinajstić information content (AvgIpc) is 3.14. The number of benzene rings is 2. The van der Waals surface area contributed by atoms with Gasteiger partial charge in [0.1, 0.15) is 6.33 Å². The minimum absolute atomic E-state index is 0.152. The van der Waals surface area contributed by atoms with Crippen molar-refractivity contribution in [1.29, 1.82) is 0 Å². The van der Waals surface area contributed by atoms with Crippen molar-refractivity contribution in [1.82, 2.24) is 20.1 Å². The second kappa shape index (κ2) is 9.97. The normalized spacial score (nSPS) is 11.7. The lowest BCUT2D eigenvalue weighted by atomic mass is 10.1. The van der Waals surface area contributed by atoms with E-state index in [0.29, 0.717) is 20.9 Å². The number of amides is 2. The molecule has 3 rings (SSSR count). The van der Waals surface area contributed by atoms with E-state index >= 15 is 0 Å². The van der Waals surface area contributed by atoms with Crippen molar-refractivity contribution < 1.29 is 9.59 Å². The summed E-state index contributed by atoms with van der Waals surface area (Å²) in [5.41, 5.74) is 2.23. The number of hydrogen-bond donors (Lipinski definition) is 2. The van der Waals surface area contributed by atoms with Crippen LogP contribution < -0.4 is 10.6 Å². The van der Waals surface area contributed by atoms with Crippen LogP contribution >= 0.6 is 35.0 Å². The number of carbonyl (C=O) groups excluding carboxylic acids is 2. The van der Waals surface area contributed by atoms with Gasteiger partial charge in [0.05, 0.1) is 17.5 Å². The molecule has 0 spiro atoms. The van der Waals surface area contributed by atoms with Gasteiger partial charge in [0.25, 0.3) is 0 Å². The van der Waals surface area contributed by atoms with Crippen molar-refractivity contribution in [3.63, 3.8) is 0 Å². The van der Waals surface area contributed by atoms with Gasteiger partial charge in [-0.15, -0.1) is 10.2 Å². The predicted octanol–water partition coefficient (Wildman–Crippen LogP) is 4.50. The zero-order chi connectivity index (χ0) is 21.7. The molecule has 1 heterocycles. The Balaban J connectivity index is 1.64. The molecule has 2 amide bonds. The average molecular weight is 464 g/mol. The van der Waals surface area contributed by atoms with Gasteiger partial charge in [-0.3, -0.25) is 14.2 Å².